The van der Waals surface area contributed by atoms with Gasteiger partial charge >= 0.3 is 0 Å². The lowest BCUT2D eigenvalue weighted by molar-refractivity contribution is -0.124. The Morgan fingerprint density at radius 2 is 1.86 bits per heavy atom. The fourth-order valence-corrected chi connectivity index (χ4v) is 2.51. The summed E-state index contributed by atoms with van der Waals surface area (Å²) in [6.07, 6.45) is 1.54. The standard InChI is InChI=1S/C16H25N3O3/c1-12-5-10-22-14(12)15(21)19-8-6-18(7-9-19)11-13(20)17-16(2,3)4/h5,10H,6-9,11H2,1-4H3,(H,17,20). The zero-order valence-electron chi connectivity index (χ0n) is 13.8. The average molecular weight is 307 g/mol. The van der Waals surface area contributed by atoms with Gasteiger partial charge in [0.2, 0.25) is 5.91 Å². The summed E-state index contributed by atoms with van der Waals surface area (Å²) in [6, 6.07) is 1.79. The minimum atomic E-state index is -0.217. The summed E-state index contributed by atoms with van der Waals surface area (Å²) in [6.45, 7) is 10.8. The molecule has 1 N–H and O–H groups in total. The minimum absolute atomic E-state index is 0.0224. The van der Waals surface area contributed by atoms with E-state index in [-0.39, 0.29) is 17.4 Å². The molecule has 122 valence electrons. The molecule has 0 saturated carbocycles. The van der Waals surface area contributed by atoms with E-state index in [2.05, 4.69) is 10.2 Å². The number of nitrogens with one attached hydrogen (secondary N) is 1. The third-order valence-corrected chi connectivity index (χ3v) is 3.60. The van der Waals surface area contributed by atoms with E-state index in [0.717, 1.165) is 5.56 Å². The van der Waals surface area contributed by atoms with Gasteiger partial charge in [-0.1, -0.05) is 0 Å². The van der Waals surface area contributed by atoms with Crippen molar-refractivity contribution in [1.29, 1.82) is 0 Å². The molecule has 22 heavy (non-hydrogen) atoms. The number of hydrogen-bond acceptors (Lipinski definition) is 4. The molecule has 1 aliphatic heterocycles. The second-order valence-electron chi connectivity index (χ2n) is 6.80. The van der Waals surface area contributed by atoms with E-state index in [1.165, 1.54) is 6.26 Å². The smallest absolute Gasteiger partial charge is 0.289 e. The molecular formula is C16H25N3O3. The number of aryl methyl sites for hydroxylation is 1. The first-order valence-corrected chi connectivity index (χ1v) is 7.63. The molecule has 6 nitrogen and oxygen atoms in total. The van der Waals surface area contributed by atoms with E-state index < -0.39 is 0 Å². The summed E-state index contributed by atoms with van der Waals surface area (Å²) in [5.74, 6) is 0.370. The Morgan fingerprint density at radius 1 is 1.23 bits per heavy atom. The molecule has 1 aromatic rings. The molecule has 0 aliphatic carbocycles. The first kappa shape index (κ1) is 16.5. The Bertz CT molecular complexity index is 537. The van der Waals surface area contributed by atoms with Crippen LogP contribution in [0.5, 0.6) is 0 Å². The van der Waals surface area contributed by atoms with Crippen LogP contribution in [0, 0.1) is 6.92 Å². The summed E-state index contributed by atoms with van der Waals surface area (Å²) < 4.78 is 5.26. The molecule has 2 heterocycles. The molecule has 1 aliphatic rings. The summed E-state index contributed by atoms with van der Waals surface area (Å²) >= 11 is 0. The molecule has 0 bridgehead atoms. The average Bonchev–Trinajstić information content (AvgIpc) is 2.83. The van der Waals surface area contributed by atoms with Crippen molar-refractivity contribution in [3.8, 4) is 0 Å². The number of amides is 2. The van der Waals surface area contributed by atoms with Gasteiger partial charge in [0, 0.05) is 37.3 Å². The lowest BCUT2D eigenvalue weighted by Crippen LogP contribution is -2.52. The Hall–Kier alpha value is -1.82. The topological polar surface area (TPSA) is 65.8 Å². The van der Waals surface area contributed by atoms with Crippen LogP contribution >= 0.6 is 0 Å². The molecule has 0 atom stereocenters. The van der Waals surface area contributed by atoms with Gasteiger partial charge in [-0.2, -0.15) is 0 Å². The third-order valence-electron chi connectivity index (χ3n) is 3.60. The summed E-state index contributed by atoms with van der Waals surface area (Å²) in [4.78, 5) is 28.1. The number of rotatable bonds is 3. The van der Waals surface area contributed by atoms with Crippen LogP contribution in [0.15, 0.2) is 16.7 Å². The van der Waals surface area contributed by atoms with E-state index in [1.807, 2.05) is 27.7 Å². The zero-order valence-corrected chi connectivity index (χ0v) is 13.8. The lowest BCUT2D eigenvalue weighted by Gasteiger charge is -2.34. The van der Waals surface area contributed by atoms with Gasteiger partial charge in [0.1, 0.15) is 0 Å². The normalized spacial score (nSPS) is 16.6. The van der Waals surface area contributed by atoms with Gasteiger partial charge in [-0.25, -0.2) is 0 Å². The van der Waals surface area contributed by atoms with E-state index in [4.69, 9.17) is 4.42 Å². The molecule has 0 radical (unpaired) electrons. The molecule has 1 saturated heterocycles. The van der Waals surface area contributed by atoms with Crippen molar-refractivity contribution >= 4 is 11.8 Å². The molecule has 0 spiro atoms. The Labute approximate surface area is 131 Å². The van der Waals surface area contributed by atoms with Crippen LogP contribution in [0.25, 0.3) is 0 Å². The van der Waals surface area contributed by atoms with Crippen molar-refractivity contribution in [2.75, 3.05) is 32.7 Å². The van der Waals surface area contributed by atoms with Crippen LogP contribution in [-0.4, -0.2) is 59.9 Å². The quantitative estimate of drug-likeness (QED) is 0.913. The van der Waals surface area contributed by atoms with Gasteiger partial charge in [-0.3, -0.25) is 14.5 Å². The molecule has 1 fully saturated rings. The highest BCUT2D eigenvalue weighted by atomic mass is 16.3. The van der Waals surface area contributed by atoms with Crippen LogP contribution in [0.2, 0.25) is 0 Å². The molecule has 2 amide bonds. The van der Waals surface area contributed by atoms with Crippen LogP contribution < -0.4 is 5.32 Å². The summed E-state index contributed by atoms with van der Waals surface area (Å²) in [5, 5.41) is 2.95. The van der Waals surface area contributed by atoms with Crippen molar-refractivity contribution in [2.24, 2.45) is 0 Å². The van der Waals surface area contributed by atoms with Crippen LogP contribution in [0.1, 0.15) is 36.9 Å². The van der Waals surface area contributed by atoms with Gasteiger partial charge in [0.15, 0.2) is 5.76 Å². The highest BCUT2D eigenvalue weighted by Crippen LogP contribution is 2.13. The minimum Gasteiger partial charge on any atom is -0.459 e. The maximum absolute atomic E-state index is 12.3. The largest absolute Gasteiger partial charge is 0.459 e. The number of carbonyl (C=O) groups is 2. The van der Waals surface area contributed by atoms with Crippen molar-refractivity contribution < 1.29 is 14.0 Å². The number of furan rings is 1. The molecule has 1 aromatic heterocycles. The first-order valence-electron chi connectivity index (χ1n) is 7.63. The van der Waals surface area contributed by atoms with Crippen LogP contribution in [-0.2, 0) is 4.79 Å². The number of nitrogens with zero attached hydrogens (tertiary/aromatic N) is 2. The predicted octanol–water partition coefficient (Wildman–Crippen LogP) is 1.26. The van der Waals surface area contributed by atoms with Crippen LogP contribution in [0.4, 0.5) is 0 Å². The highest BCUT2D eigenvalue weighted by Gasteiger charge is 2.26. The maximum atomic E-state index is 12.3. The summed E-state index contributed by atoms with van der Waals surface area (Å²) in [5.41, 5.74) is 0.642. The van der Waals surface area contributed by atoms with Gasteiger partial charge in [0.05, 0.1) is 12.8 Å². The van der Waals surface area contributed by atoms with Crippen LogP contribution in [0.3, 0.4) is 0 Å². The predicted molar refractivity (Wildman–Crippen MR) is 83.7 cm³/mol. The van der Waals surface area contributed by atoms with Gasteiger partial charge in [-0.05, 0) is 33.8 Å². The van der Waals surface area contributed by atoms with Crippen molar-refractivity contribution in [3.63, 3.8) is 0 Å². The van der Waals surface area contributed by atoms with Crippen molar-refractivity contribution in [2.45, 2.75) is 33.2 Å². The maximum Gasteiger partial charge on any atom is 0.289 e. The van der Waals surface area contributed by atoms with Crippen molar-refractivity contribution in [3.05, 3.63) is 23.7 Å². The third kappa shape index (κ3) is 4.34. The molecule has 0 unspecified atom stereocenters. The van der Waals surface area contributed by atoms with Gasteiger partial charge < -0.3 is 14.6 Å². The molecule has 0 aromatic carbocycles. The van der Waals surface area contributed by atoms with E-state index in [1.54, 1.807) is 11.0 Å². The van der Waals surface area contributed by atoms with Gasteiger partial charge in [0.25, 0.3) is 5.91 Å². The fraction of sp³-hybridized carbons (Fsp3) is 0.625. The number of carbonyl (C=O) groups excluding carboxylic acids is 2. The van der Waals surface area contributed by atoms with E-state index >= 15 is 0 Å². The molecule has 2 rings (SSSR count). The van der Waals surface area contributed by atoms with Crippen molar-refractivity contribution in [1.82, 2.24) is 15.1 Å². The monoisotopic (exact) mass is 307 g/mol. The first-order chi connectivity index (χ1) is 10.3. The number of hydrogen-bond donors (Lipinski definition) is 1. The Kier molecular flexibility index (Phi) is 4.90. The van der Waals surface area contributed by atoms with Gasteiger partial charge in [-0.15, -0.1) is 0 Å². The van der Waals surface area contributed by atoms with E-state index in [9.17, 15) is 9.59 Å². The second kappa shape index (κ2) is 6.52. The Balaban J connectivity index is 1.82. The fourth-order valence-electron chi connectivity index (χ4n) is 2.51. The highest BCUT2D eigenvalue weighted by molar-refractivity contribution is 5.92. The Morgan fingerprint density at radius 3 is 2.36 bits per heavy atom. The number of piperazine rings is 1. The summed E-state index contributed by atoms with van der Waals surface area (Å²) in [7, 11) is 0. The second-order valence-corrected chi connectivity index (χ2v) is 6.80. The molecule has 6 heteroatoms. The zero-order chi connectivity index (χ0) is 16.3. The molecular weight excluding hydrogens is 282 g/mol. The van der Waals surface area contributed by atoms with E-state index in [0.29, 0.717) is 38.5 Å². The SMILES string of the molecule is Cc1ccoc1C(=O)N1CCN(CC(=O)NC(C)(C)C)CC1. The lowest BCUT2D eigenvalue weighted by atomic mass is 10.1.